The van der Waals surface area contributed by atoms with E-state index in [1.54, 1.807) is 12.4 Å². The number of amides is 1. The fraction of sp³-hybridized carbons (Fsp3) is 0.455. The van der Waals surface area contributed by atoms with E-state index in [2.05, 4.69) is 10.3 Å². The lowest BCUT2D eigenvalue weighted by molar-refractivity contribution is -0.121. The average molecular weight is 190 g/mol. The van der Waals surface area contributed by atoms with Gasteiger partial charge in [-0.1, -0.05) is 6.07 Å². The molecule has 0 radical (unpaired) electrons. The van der Waals surface area contributed by atoms with Crippen molar-refractivity contribution in [2.75, 3.05) is 0 Å². The topological polar surface area (TPSA) is 42.0 Å². The van der Waals surface area contributed by atoms with Gasteiger partial charge in [-0.2, -0.15) is 0 Å². The molecule has 3 heteroatoms. The molecule has 0 aromatic carbocycles. The minimum Gasteiger partial charge on any atom is -0.353 e. The van der Waals surface area contributed by atoms with E-state index in [9.17, 15) is 4.79 Å². The van der Waals surface area contributed by atoms with Gasteiger partial charge >= 0.3 is 0 Å². The van der Waals surface area contributed by atoms with Gasteiger partial charge < -0.3 is 5.32 Å². The molecule has 1 amide bonds. The second kappa shape index (κ2) is 4.22. The molecular formula is C11H14N2O. The van der Waals surface area contributed by atoms with Crippen molar-refractivity contribution < 1.29 is 4.79 Å². The van der Waals surface area contributed by atoms with E-state index in [0.29, 0.717) is 12.5 Å². The maximum Gasteiger partial charge on any atom is 0.224 e. The monoisotopic (exact) mass is 190 g/mol. The minimum atomic E-state index is 0.114. The Morgan fingerprint density at radius 3 is 3.00 bits per heavy atom. The quantitative estimate of drug-likeness (QED) is 0.780. The fourth-order valence-electron chi connectivity index (χ4n) is 1.52. The summed E-state index contributed by atoms with van der Waals surface area (Å²) in [6.45, 7) is 0. The predicted octanol–water partition coefficient (Wildman–Crippen LogP) is 1.29. The summed E-state index contributed by atoms with van der Waals surface area (Å²) in [7, 11) is 0. The summed E-state index contributed by atoms with van der Waals surface area (Å²) < 4.78 is 0. The van der Waals surface area contributed by atoms with E-state index in [1.165, 1.54) is 6.42 Å². The molecule has 0 atom stereocenters. The summed E-state index contributed by atoms with van der Waals surface area (Å²) >= 11 is 0. The first kappa shape index (κ1) is 9.19. The molecule has 0 bridgehead atoms. The number of rotatable bonds is 3. The molecule has 1 fully saturated rings. The van der Waals surface area contributed by atoms with Gasteiger partial charge in [0, 0.05) is 18.4 Å². The van der Waals surface area contributed by atoms with E-state index in [-0.39, 0.29) is 5.91 Å². The highest BCUT2D eigenvalue weighted by Crippen LogP contribution is 2.17. The molecule has 1 saturated carbocycles. The standard InChI is InChI=1S/C11H14N2O/c14-11(13-10-4-1-5-10)7-9-3-2-6-12-8-9/h2-3,6,8,10H,1,4-5,7H2,(H,13,14). The van der Waals surface area contributed by atoms with Crippen LogP contribution in [-0.4, -0.2) is 16.9 Å². The zero-order valence-electron chi connectivity index (χ0n) is 8.07. The van der Waals surface area contributed by atoms with Gasteiger partial charge in [0.15, 0.2) is 0 Å². The third-order valence-corrected chi connectivity index (χ3v) is 2.56. The number of nitrogens with zero attached hydrogens (tertiary/aromatic N) is 1. The number of pyridine rings is 1. The zero-order chi connectivity index (χ0) is 9.80. The van der Waals surface area contributed by atoms with Crippen molar-refractivity contribution in [3.63, 3.8) is 0 Å². The Morgan fingerprint density at radius 2 is 2.43 bits per heavy atom. The van der Waals surface area contributed by atoms with Crippen molar-refractivity contribution in [1.82, 2.24) is 10.3 Å². The number of carbonyl (C=O) groups excluding carboxylic acids is 1. The third kappa shape index (κ3) is 2.31. The number of aromatic nitrogens is 1. The summed E-state index contributed by atoms with van der Waals surface area (Å²) in [5.74, 6) is 0.114. The van der Waals surface area contributed by atoms with Crippen LogP contribution < -0.4 is 5.32 Å². The molecule has 1 aromatic heterocycles. The SMILES string of the molecule is O=C(Cc1cccnc1)NC1CCC1. The van der Waals surface area contributed by atoms with Crippen molar-refractivity contribution in [2.45, 2.75) is 31.7 Å². The summed E-state index contributed by atoms with van der Waals surface area (Å²) in [5.41, 5.74) is 0.976. The van der Waals surface area contributed by atoms with E-state index >= 15 is 0 Å². The highest BCUT2D eigenvalue weighted by atomic mass is 16.1. The molecule has 1 aliphatic carbocycles. The largest absolute Gasteiger partial charge is 0.353 e. The Labute approximate surface area is 83.5 Å². The zero-order valence-corrected chi connectivity index (χ0v) is 8.07. The molecule has 0 saturated heterocycles. The molecule has 0 spiro atoms. The maximum absolute atomic E-state index is 11.5. The van der Waals surface area contributed by atoms with Crippen molar-refractivity contribution in [2.24, 2.45) is 0 Å². The number of carbonyl (C=O) groups is 1. The van der Waals surface area contributed by atoms with Crippen LogP contribution in [-0.2, 0) is 11.2 Å². The van der Waals surface area contributed by atoms with Crippen LogP contribution in [0.3, 0.4) is 0 Å². The van der Waals surface area contributed by atoms with Crippen LogP contribution in [0.4, 0.5) is 0 Å². The molecule has 74 valence electrons. The smallest absolute Gasteiger partial charge is 0.224 e. The second-order valence-corrected chi connectivity index (χ2v) is 3.73. The van der Waals surface area contributed by atoms with E-state index < -0.39 is 0 Å². The van der Waals surface area contributed by atoms with Crippen LogP contribution in [0, 0.1) is 0 Å². The molecule has 1 aliphatic rings. The van der Waals surface area contributed by atoms with Crippen molar-refractivity contribution in [1.29, 1.82) is 0 Å². The predicted molar refractivity (Wildman–Crippen MR) is 53.7 cm³/mol. The lowest BCUT2D eigenvalue weighted by Gasteiger charge is -2.26. The summed E-state index contributed by atoms with van der Waals surface area (Å²) in [6, 6.07) is 4.21. The van der Waals surface area contributed by atoms with Gasteiger partial charge in [0.25, 0.3) is 0 Å². The number of hydrogen-bond donors (Lipinski definition) is 1. The average Bonchev–Trinajstić information content (AvgIpc) is 2.13. The lowest BCUT2D eigenvalue weighted by atomic mass is 9.93. The third-order valence-electron chi connectivity index (χ3n) is 2.56. The normalized spacial score (nSPS) is 16.0. The lowest BCUT2D eigenvalue weighted by Crippen LogP contribution is -2.40. The molecule has 0 unspecified atom stereocenters. The highest BCUT2D eigenvalue weighted by molar-refractivity contribution is 5.78. The highest BCUT2D eigenvalue weighted by Gasteiger charge is 2.19. The van der Waals surface area contributed by atoms with Crippen LogP contribution in [0.2, 0.25) is 0 Å². The summed E-state index contributed by atoms with van der Waals surface area (Å²) in [4.78, 5) is 15.4. The van der Waals surface area contributed by atoms with E-state index in [1.807, 2.05) is 12.1 Å². The molecule has 1 heterocycles. The van der Waals surface area contributed by atoms with Crippen molar-refractivity contribution >= 4 is 5.91 Å². The Balaban J connectivity index is 1.82. The molecule has 1 aromatic rings. The molecule has 14 heavy (non-hydrogen) atoms. The van der Waals surface area contributed by atoms with Crippen molar-refractivity contribution in [3.8, 4) is 0 Å². The minimum absolute atomic E-state index is 0.114. The van der Waals surface area contributed by atoms with Crippen LogP contribution in [0.5, 0.6) is 0 Å². The van der Waals surface area contributed by atoms with E-state index in [0.717, 1.165) is 18.4 Å². The first-order chi connectivity index (χ1) is 6.84. The van der Waals surface area contributed by atoms with Gasteiger partial charge in [-0.25, -0.2) is 0 Å². The van der Waals surface area contributed by atoms with Gasteiger partial charge in [0.1, 0.15) is 0 Å². The molecular weight excluding hydrogens is 176 g/mol. The van der Waals surface area contributed by atoms with E-state index in [4.69, 9.17) is 0 Å². The summed E-state index contributed by atoms with van der Waals surface area (Å²) in [6.07, 6.45) is 7.42. The van der Waals surface area contributed by atoms with Crippen LogP contribution in [0.25, 0.3) is 0 Å². The van der Waals surface area contributed by atoms with Gasteiger partial charge in [0.05, 0.1) is 6.42 Å². The van der Waals surface area contributed by atoms with Gasteiger partial charge in [-0.3, -0.25) is 9.78 Å². The van der Waals surface area contributed by atoms with Gasteiger partial charge in [-0.05, 0) is 30.9 Å². The maximum atomic E-state index is 11.5. The van der Waals surface area contributed by atoms with Crippen molar-refractivity contribution in [3.05, 3.63) is 30.1 Å². The molecule has 2 rings (SSSR count). The Kier molecular flexibility index (Phi) is 2.77. The fourth-order valence-corrected chi connectivity index (χ4v) is 1.52. The first-order valence-corrected chi connectivity index (χ1v) is 5.03. The van der Waals surface area contributed by atoms with Gasteiger partial charge in [0.2, 0.25) is 5.91 Å². The van der Waals surface area contributed by atoms with Crippen LogP contribution in [0.1, 0.15) is 24.8 Å². The number of nitrogens with one attached hydrogen (secondary N) is 1. The molecule has 1 N–H and O–H groups in total. The number of hydrogen-bond acceptors (Lipinski definition) is 2. The Bertz CT molecular complexity index is 306. The van der Waals surface area contributed by atoms with Crippen LogP contribution in [0.15, 0.2) is 24.5 Å². The molecule has 0 aliphatic heterocycles. The van der Waals surface area contributed by atoms with Gasteiger partial charge in [-0.15, -0.1) is 0 Å². The Morgan fingerprint density at radius 1 is 1.57 bits per heavy atom. The van der Waals surface area contributed by atoms with Crippen LogP contribution >= 0.6 is 0 Å². The summed E-state index contributed by atoms with van der Waals surface area (Å²) in [5, 5.41) is 3.00. The first-order valence-electron chi connectivity index (χ1n) is 5.03. The second-order valence-electron chi connectivity index (χ2n) is 3.73. The molecule has 3 nitrogen and oxygen atoms in total. The Hall–Kier alpha value is -1.38.